The van der Waals surface area contributed by atoms with Crippen molar-refractivity contribution < 1.29 is 26.7 Å². The number of sulfonamides is 1. The molecule has 2 fully saturated rings. The molecule has 2 saturated carbocycles. The van der Waals surface area contributed by atoms with Crippen molar-refractivity contribution in [2.45, 2.75) is 55.9 Å². The molecule has 1 aromatic carbocycles. The van der Waals surface area contributed by atoms with Gasteiger partial charge in [0.05, 0.1) is 7.11 Å². The molecule has 1 spiro atoms. The molecule has 2 aromatic rings. The Morgan fingerprint density at radius 2 is 1.94 bits per heavy atom. The number of nitrogens with two attached hydrogens (primary N) is 1. The van der Waals surface area contributed by atoms with Gasteiger partial charge in [-0.25, -0.2) is 22.9 Å². The summed E-state index contributed by atoms with van der Waals surface area (Å²) >= 11 is 0. The molecule has 2 atom stereocenters. The molecule has 178 valence electrons. The van der Waals surface area contributed by atoms with E-state index in [1.807, 2.05) is 0 Å². The number of nitrogens with zero attached hydrogens (tertiary/aromatic N) is 1. The number of nitrogens with one attached hydrogen (secondary N) is 1. The molecule has 0 radical (unpaired) electrons. The van der Waals surface area contributed by atoms with E-state index in [9.17, 15) is 22.0 Å². The van der Waals surface area contributed by atoms with Crippen molar-refractivity contribution in [1.29, 1.82) is 0 Å². The average molecular weight is 480 g/mol. The molecule has 3 N–H and O–H groups in total. The Labute approximate surface area is 191 Å². The molecular formula is C23H27F2N3O4S. The van der Waals surface area contributed by atoms with E-state index in [1.54, 1.807) is 0 Å². The molecular weight excluding hydrogens is 452 g/mol. The molecule has 4 rings (SSSR count). The minimum Gasteiger partial charge on any atom is -0.493 e. The lowest BCUT2D eigenvalue weighted by atomic mass is 9.62. The predicted molar refractivity (Wildman–Crippen MR) is 118 cm³/mol. The van der Waals surface area contributed by atoms with E-state index in [0.717, 1.165) is 38.2 Å². The number of pyridine rings is 1. The van der Waals surface area contributed by atoms with Crippen molar-refractivity contribution in [2.24, 2.45) is 16.5 Å². The monoisotopic (exact) mass is 479 g/mol. The molecule has 10 heteroatoms. The lowest BCUT2D eigenvalue weighted by Crippen LogP contribution is -2.38. The normalized spacial score (nSPS) is 22.3. The van der Waals surface area contributed by atoms with Crippen molar-refractivity contribution >= 4 is 21.6 Å². The number of ether oxygens (including phenoxy) is 1. The maximum Gasteiger partial charge on any atom is 0.255 e. The first-order valence-corrected chi connectivity index (χ1v) is 12.5. The zero-order chi connectivity index (χ0) is 23.8. The van der Waals surface area contributed by atoms with Crippen LogP contribution in [-0.2, 0) is 14.8 Å². The molecule has 1 heterocycles. The SMILES string of the molecule is COc1c([C@@H]2CCC3(CCCC3)CC2C(=O)Nc2ccnc(S(N)(=O)=O)c2)ccc(F)c1F. The quantitative estimate of drug-likeness (QED) is 0.671. The topological polar surface area (TPSA) is 111 Å². The summed E-state index contributed by atoms with van der Waals surface area (Å²) in [6.45, 7) is 0. The Kier molecular flexibility index (Phi) is 6.41. The lowest BCUT2D eigenvalue weighted by molar-refractivity contribution is -0.123. The third-order valence-corrected chi connectivity index (χ3v) is 7.91. The van der Waals surface area contributed by atoms with Crippen LogP contribution >= 0.6 is 0 Å². The van der Waals surface area contributed by atoms with Crippen LogP contribution in [0.5, 0.6) is 5.75 Å². The van der Waals surface area contributed by atoms with Gasteiger partial charge in [-0.05, 0) is 55.6 Å². The maximum absolute atomic E-state index is 14.5. The summed E-state index contributed by atoms with van der Waals surface area (Å²) in [5, 5.41) is 7.59. The Hall–Kier alpha value is -2.59. The number of benzene rings is 1. The highest BCUT2D eigenvalue weighted by atomic mass is 32.2. The summed E-state index contributed by atoms with van der Waals surface area (Å²) in [6.07, 6.45) is 7.67. The van der Waals surface area contributed by atoms with Crippen molar-refractivity contribution in [3.63, 3.8) is 0 Å². The van der Waals surface area contributed by atoms with Crippen LogP contribution in [0.3, 0.4) is 0 Å². The average Bonchev–Trinajstić information content (AvgIpc) is 3.23. The number of rotatable bonds is 5. The molecule has 0 aliphatic heterocycles. The fourth-order valence-electron chi connectivity index (χ4n) is 5.52. The number of anilines is 1. The van der Waals surface area contributed by atoms with Crippen molar-refractivity contribution in [3.05, 3.63) is 47.7 Å². The number of carbonyl (C=O) groups is 1. The van der Waals surface area contributed by atoms with Crippen LogP contribution < -0.4 is 15.2 Å². The van der Waals surface area contributed by atoms with Crippen LogP contribution in [0, 0.1) is 23.0 Å². The van der Waals surface area contributed by atoms with Gasteiger partial charge in [-0.2, -0.15) is 4.39 Å². The van der Waals surface area contributed by atoms with Crippen LogP contribution in [0.4, 0.5) is 14.5 Å². The first kappa shape index (κ1) is 23.6. The van der Waals surface area contributed by atoms with Crippen LogP contribution in [0.1, 0.15) is 56.4 Å². The fourth-order valence-corrected chi connectivity index (χ4v) is 6.02. The number of halogens is 2. The standard InChI is InChI=1S/C23H27F2N3O4S/c1-32-21-16(4-5-18(24)20(21)25)15-6-10-23(8-2-3-9-23)13-17(15)22(29)28-14-7-11-27-19(12-14)33(26,30)31/h4-5,7,11-12,15,17H,2-3,6,8-10,13H2,1H3,(H2,26,30,31)(H,27,28,29)/t15-,17?/m0/s1. The molecule has 2 aliphatic rings. The smallest absolute Gasteiger partial charge is 0.255 e. The Morgan fingerprint density at radius 1 is 1.21 bits per heavy atom. The Balaban J connectivity index is 1.68. The van der Waals surface area contributed by atoms with Crippen molar-refractivity contribution in [3.8, 4) is 5.75 Å². The first-order valence-electron chi connectivity index (χ1n) is 11.0. The largest absolute Gasteiger partial charge is 0.493 e. The summed E-state index contributed by atoms with van der Waals surface area (Å²) in [5.74, 6) is -3.47. The van der Waals surface area contributed by atoms with Crippen LogP contribution in [-0.4, -0.2) is 26.4 Å². The van der Waals surface area contributed by atoms with Gasteiger partial charge < -0.3 is 10.1 Å². The van der Waals surface area contributed by atoms with Gasteiger partial charge in [0.1, 0.15) is 0 Å². The number of hydrogen-bond acceptors (Lipinski definition) is 5. The third kappa shape index (κ3) is 4.72. The van der Waals surface area contributed by atoms with Gasteiger partial charge in [0, 0.05) is 29.4 Å². The van der Waals surface area contributed by atoms with Crippen LogP contribution in [0.2, 0.25) is 0 Å². The number of carbonyl (C=O) groups excluding carboxylic acids is 1. The maximum atomic E-state index is 14.5. The molecule has 1 unspecified atom stereocenters. The van der Waals surface area contributed by atoms with Gasteiger partial charge in [-0.1, -0.05) is 18.9 Å². The third-order valence-electron chi connectivity index (χ3n) is 7.10. The fraction of sp³-hybridized carbons (Fsp3) is 0.478. The molecule has 2 aliphatic carbocycles. The molecule has 33 heavy (non-hydrogen) atoms. The molecule has 0 bridgehead atoms. The molecule has 7 nitrogen and oxygen atoms in total. The molecule has 0 saturated heterocycles. The van der Waals surface area contributed by atoms with E-state index in [4.69, 9.17) is 9.88 Å². The minimum absolute atomic E-state index is 0.0499. The lowest BCUT2D eigenvalue weighted by Gasteiger charge is -2.42. The van der Waals surface area contributed by atoms with Crippen molar-refractivity contribution in [2.75, 3.05) is 12.4 Å². The number of aromatic nitrogens is 1. The predicted octanol–water partition coefficient (Wildman–Crippen LogP) is 4.10. The molecule has 1 amide bonds. The number of primary sulfonamides is 1. The summed E-state index contributed by atoms with van der Waals surface area (Å²) < 4.78 is 56.8. The summed E-state index contributed by atoms with van der Waals surface area (Å²) in [5.41, 5.74) is 0.763. The zero-order valence-corrected chi connectivity index (χ0v) is 19.1. The number of amides is 1. The number of methoxy groups -OCH3 is 1. The Morgan fingerprint density at radius 3 is 2.61 bits per heavy atom. The highest BCUT2D eigenvalue weighted by Gasteiger charge is 2.46. The second kappa shape index (κ2) is 8.98. The van der Waals surface area contributed by atoms with Gasteiger partial charge in [0.25, 0.3) is 10.0 Å². The van der Waals surface area contributed by atoms with Gasteiger partial charge in [-0.3, -0.25) is 4.79 Å². The highest BCUT2D eigenvalue weighted by Crippen LogP contribution is 2.55. The van der Waals surface area contributed by atoms with E-state index < -0.39 is 27.6 Å². The van der Waals surface area contributed by atoms with Crippen LogP contribution in [0.25, 0.3) is 0 Å². The van der Waals surface area contributed by atoms with E-state index in [-0.39, 0.29) is 33.7 Å². The van der Waals surface area contributed by atoms with Gasteiger partial charge in [0.2, 0.25) is 11.7 Å². The molecule has 1 aromatic heterocycles. The van der Waals surface area contributed by atoms with Crippen LogP contribution in [0.15, 0.2) is 35.5 Å². The Bertz CT molecular complexity index is 1170. The number of hydrogen-bond donors (Lipinski definition) is 2. The first-order chi connectivity index (χ1) is 15.6. The van der Waals surface area contributed by atoms with Gasteiger partial charge >= 0.3 is 0 Å². The van der Waals surface area contributed by atoms with E-state index in [2.05, 4.69) is 10.3 Å². The van der Waals surface area contributed by atoms with E-state index in [1.165, 1.54) is 31.5 Å². The summed E-state index contributed by atoms with van der Waals surface area (Å²) in [6, 6.07) is 5.23. The summed E-state index contributed by atoms with van der Waals surface area (Å²) in [7, 11) is -2.75. The second-order valence-electron chi connectivity index (χ2n) is 9.06. The van der Waals surface area contributed by atoms with Crippen molar-refractivity contribution in [1.82, 2.24) is 4.98 Å². The van der Waals surface area contributed by atoms with E-state index in [0.29, 0.717) is 18.4 Å². The van der Waals surface area contributed by atoms with E-state index >= 15 is 0 Å². The minimum atomic E-state index is -4.03. The zero-order valence-electron chi connectivity index (χ0n) is 18.3. The highest BCUT2D eigenvalue weighted by molar-refractivity contribution is 7.89. The summed E-state index contributed by atoms with van der Waals surface area (Å²) in [4.78, 5) is 17.2. The van der Waals surface area contributed by atoms with Gasteiger partial charge in [-0.15, -0.1) is 0 Å². The van der Waals surface area contributed by atoms with Gasteiger partial charge in [0.15, 0.2) is 16.6 Å². The second-order valence-corrected chi connectivity index (χ2v) is 10.6.